The maximum Gasteiger partial charge on any atom is 1.00 e. The van der Waals surface area contributed by atoms with Gasteiger partial charge in [-0.1, -0.05) is 52.4 Å². The normalized spacial score (nSPS) is 14.9. The maximum atomic E-state index is 11.1. The van der Waals surface area contributed by atoms with E-state index in [1.807, 2.05) is 39.8 Å². The van der Waals surface area contributed by atoms with Crippen molar-refractivity contribution in [2.24, 2.45) is 0 Å². The van der Waals surface area contributed by atoms with E-state index in [1.54, 1.807) is 24.3 Å². The second-order valence-electron chi connectivity index (χ2n) is 8.16. The number of aromatic nitrogens is 1. The van der Waals surface area contributed by atoms with Crippen molar-refractivity contribution in [3.8, 4) is 0 Å². The molecule has 0 aliphatic carbocycles. The molecule has 0 bridgehead atoms. The molecule has 0 atom stereocenters. The van der Waals surface area contributed by atoms with Crippen molar-refractivity contribution in [1.82, 2.24) is 0 Å². The van der Waals surface area contributed by atoms with Gasteiger partial charge in [0.15, 0.2) is 6.54 Å². The van der Waals surface area contributed by atoms with E-state index in [2.05, 4.69) is 0 Å². The average Bonchev–Trinajstić information content (AvgIpc) is 3.30. The largest absolute Gasteiger partial charge is 1.00 e. The third-order valence-electron chi connectivity index (χ3n) is 5.41. The molecule has 4 rings (SSSR count). The Morgan fingerprint density at radius 1 is 0.947 bits per heavy atom. The van der Waals surface area contributed by atoms with Crippen molar-refractivity contribution >= 4 is 88.5 Å². The Hall–Kier alpha value is -0.00364. The van der Waals surface area contributed by atoms with Gasteiger partial charge >= 0.3 is 51.4 Å². The molecule has 2 heterocycles. The van der Waals surface area contributed by atoms with Gasteiger partial charge in [0, 0.05) is 51.6 Å². The van der Waals surface area contributed by atoms with Gasteiger partial charge in [-0.3, -0.25) is 0 Å². The van der Waals surface area contributed by atoms with E-state index < -0.39 is 31.7 Å². The first-order chi connectivity index (χ1) is 17.4. The van der Waals surface area contributed by atoms with Gasteiger partial charge in [-0.2, -0.15) is 4.57 Å². The number of hydrogen-bond acceptors (Lipinski definition) is 9. The van der Waals surface area contributed by atoms with Gasteiger partial charge in [-0.15, -0.1) is 0 Å². The number of thioether (sulfide) groups is 1. The summed E-state index contributed by atoms with van der Waals surface area (Å²) < 4.78 is 69.4. The molecular formula is C23H21Cl2KN2O6S4. The molecular weight excluding hydrogens is 639 g/mol. The van der Waals surface area contributed by atoms with E-state index in [0.717, 1.165) is 30.8 Å². The number of hydrogen-bond donors (Lipinski definition) is 0. The van der Waals surface area contributed by atoms with Crippen LogP contribution in [0.1, 0.15) is 17.8 Å². The molecule has 0 fully saturated rings. The van der Waals surface area contributed by atoms with Gasteiger partial charge in [0.1, 0.15) is 4.70 Å². The number of anilines is 1. The van der Waals surface area contributed by atoms with E-state index >= 15 is 0 Å². The second kappa shape index (κ2) is 13.8. The fraction of sp³-hybridized carbons (Fsp3) is 0.261. The van der Waals surface area contributed by atoms with E-state index in [1.165, 1.54) is 23.1 Å². The maximum absolute atomic E-state index is 11.1. The summed E-state index contributed by atoms with van der Waals surface area (Å²) in [6.45, 7) is 0.652. The number of allylic oxidation sites excluding steroid dienone is 2. The first-order valence-corrected chi connectivity index (χ1v) is 16.6. The number of halogens is 2. The molecule has 0 saturated heterocycles. The Morgan fingerprint density at radius 2 is 1.61 bits per heavy atom. The van der Waals surface area contributed by atoms with E-state index in [9.17, 15) is 25.9 Å². The fourth-order valence-electron chi connectivity index (χ4n) is 3.87. The third-order valence-corrected chi connectivity index (χ3v) is 9.72. The van der Waals surface area contributed by atoms with Gasteiger partial charge in [0.25, 0.3) is 5.01 Å². The molecule has 0 N–H and O–H groups in total. The number of thiazole rings is 1. The predicted octanol–water partition coefficient (Wildman–Crippen LogP) is 1.84. The summed E-state index contributed by atoms with van der Waals surface area (Å²) in [5.41, 5.74) is 1.68. The van der Waals surface area contributed by atoms with E-state index in [4.69, 9.17) is 23.2 Å². The van der Waals surface area contributed by atoms with Crippen LogP contribution in [0, 0.1) is 0 Å². The van der Waals surface area contributed by atoms with Crippen LogP contribution < -0.4 is 60.9 Å². The minimum Gasteiger partial charge on any atom is -0.748 e. The van der Waals surface area contributed by atoms with Gasteiger partial charge in [0.2, 0.25) is 5.52 Å². The summed E-state index contributed by atoms with van der Waals surface area (Å²) in [7, 11) is -8.64. The average molecular weight is 660 g/mol. The minimum absolute atomic E-state index is 0. The summed E-state index contributed by atoms with van der Waals surface area (Å²) in [5, 5.41) is 2.76. The van der Waals surface area contributed by atoms with Crippen LogP contribution in [0.25, 0.3) is 16.3 Å². The van der Waals surface area contributed by atoms with Crippen molar-refractivity contribution in [1.29, 1.82) is 0 Å². The Bertz CT molecular complexity index is 1610. The summed E-state index contributed by atoms with van der Waals surface area (Å²) in [6, 6.07) is 10.9. The Kier molecular flexibility index (Phi) is 11.8. The molecule has 2 aromatic carbocycles. The Labute approximate surface area is 282 Å². The molecule has 3 aromatic rings. The van der Waals surface area contributed by atoms with E-state index in [0.29, 0.717) is 23.1 Å². The third kappa shape index (κ3) is 9.00. The Morgan fingerprint density at radius 3 is 2.32 bits per heavy atom. The molecule has 15 heteroatoms. The van der Waals surface area contributed by atoms with Gasteiger partial charge < -0.3 is 14.0 Å². The first kappa shape index (κ1) is 32.5. The molecule has 0 radical (unpaired) electrons. The van der Waals surface area contributed by atoms with Crippen LogP contribution in [0.4, 0.5) is 5.69 Å². The summed E-state index contributed by atoms with van der Waals surface area (Å²) in [5.74, 6) is -0.923. The number of aryl methyl sites for hydroxylation is 1. The van der Waals surface area contributed by atoms with Crippen LogP contribution in [-0.2, 0) is 26.8 Å². The van der Waals surface area contributed by atoms with Crippen LogP contribution in [0.2, 0.25) is 10.0 Å². The molecule has 38 heavy (non-hydrogen) atoms. The molecule has 1 aromatic heterocycles. The molecule has 1 aliphatic rings. The minimum atomic E-state index is -4.32. The van der Waals surface area contributed by atoms with Crippen LogP contribution in [0.3, 0.4) is 0 Å². The van der Waals surface area contributed by atoms with Gasteiger partial charge in [0.05, 0.1) is 31.0 Å². The molecule has 8 nitrogen and oxygen atoms in total. The quantitative estimate of drug-likeness (QED) is 0.184. The SMILES string of the molecule is O=S(=O)([O-])CCCN1C(=CC=Cc2sc3ccc(Cl)cc3[n+]2CCCS(=O)(=O)[O-])Sc2ccc(Cl)cc21.[K+]. The first-order valence-electron chi connectivity index (χ1n) is 11.0. The molecule has 0 spiro atoms. The fourth-order valence-corrected chi connectivity index (χ4v) is 7.33. The van der Waals surface area contributed by atoms with Crippen molar-refractivity contribution < 1.29 is 81.9 Å². The Balaban J connectivity index is 0.00000400. The van der Waals surface area contributed by atoms with Crippen molar-refractivity contribution in [2.45, 2.75) is 24.3 Å². The smallest absolute Gasteiger partial charge is 0.748 e. The van der Waals surface area contributed by atoms with Gasteiger partial charge in [-0.05, 0) is 42.8 Å². The summed E-state index contributed by atoms with van der Waals surface area (Å²) in [6.07, 6.45) is 5.95. The van der Waals surface area contributed by atoms with Crippen molar-refractivity contribution in [2.75, 3.05) is 23.0 Å². The van der Waals surface area contributed by atoms with Gasteiger partial charge in [-0.25, -0.2) is 16.8 Å². The van der Waals surface area contributed by atoms with Crippen LogP contribution in [0.15, 0.2) is 58.5 Å². The molecule has 0 amide bonds. The van der Waals surface area contributed by atoms with Crippen molar-refractivity contribution in [3.05, 3.63) is 68.6 Å². The summed E-state index contributed by atoms with van der Waals surface area (Å²) in [4.78, 5) is 2.89. The number of benzene rings is 2. The molecule has 0 unspecified atom stereocenters. The zero-order valence-electron chi connectivity index (χ0n) is 20.2. The summed E-state index contributed by atoms with van der Waals surface area (Å²) >= 11 is 15.4. The van der Waals surface area contributed by atoms with Crippen LogP contribution >= 0.6 is 46.3 Å². The number of fused-ring (bicyclic) bond motifs is 2. The standard InChI is InChI=1S/C23H22Cl2N2O6S4.K/c24-16-6-8-20-18(14-16)26(10-2-12-36(28,29)30)22(34-20)4-1-5-23-27(11-3-13-37(31,32)33)19-15-17(25)7-9-21(19)35-23;/h1,4-9,14-15H,2-3,10-13H2,(H-,28,29,30,31,32,33);/q;+1/p-1. The van der Waals surface area contributed by atoms with Crippen LogP contribution in [-0.4, -0.2) is 44.0 Å². The molecule has 198 valence electrons. The molecule has 0 saturated carbocycles. The monoisotopic (exact) mass is 658 g/mol. The number of nitrogens with zero attached hydrogens (tertiary/aromatic N) is 2. The van der Waals surface area contributed by atoms with E-state index in [-0.39, 0.29) is 64.2 Å². The van der Waals surface area contributed by atoms with Crippen LogP contribution in [0.5, 0.6) is 0 Å². The zero-order chi connectivity index (χ0) is 26.8. The number of rotatable bonds is 10. The zero-order valence-corrected chi connectivity index (χ0v) is 28.1. The predicted molar refractivity (Wildman–Crippen MR) is 147 cm³/mol. The van der Waals surface area contributed by atoms with Crippen molar-refractivity contribution in [3.63, 3.8) is 0 Å². The molecule has 1 aliphatic heterocycles. The second-order valence-corrected chi connectivity index (χ2v) is 14.2. The topological polar surface area (TPSA) is 122 Å².